The van der Waals surface area contributed by atoms with Gasteiger partial charge in [0.15, 0.2) is 11.6 Å². The van der Waals surface area contributed by atoms with E-state index in [0.29, 0.717) is 39.5 Å². The van der Waals surface area contributed by atoms with E-state index in [2.05, 4.69) is 20.4 Å². The fourth-order valence-corrected chi connectivity index (χ4v) is 10.7. The Bertz CT molecular complexity index is 2130. The highest BCUT2D eigenvalue weighted by Crippen LogP contribution is 2.56. The molecule has 0 spiro atoms. The number of nitrogens with zero attached hydrogens (tertiary/aromatic N) is 6. The lowest BCUT2D eigenvalue weighted by atomic mass is 9.81. The minimum absolute atomic E-state index is 0.230. The maximum Gasteiger partial charge on any atom is 0.291 e. The smallest absolute Gasteiger partial charge is 0.291 e. The van der Waals surface area contributed by atoms with Gasteiger partial charge in [0.1, 0.15) is 0 Å². The Balaban J connectivity index is 0.877. The fraction of sp³-hybridized carbons (Fsp3) is 0.535. The molecule has 9 rings (SSSR count). The summed E-state index contributed by atoms with van der Waals surface area (Å²) in [5.74, 6) is 1.25. The Kier molecular flexibility index (Phi) is 9.85. The van der Waals surface area contributed by atoms with Crippen LogP contribution in [-0.2, 0) is 44.8 Å². The second-order valence-electron chi connectivity index (χ2n) is 16.8. The highest BCUT2D eigenvalue weighted by Gasteiger charge is 2.44. The number of halogens is 1. The molecule has 2 N–H and O–H groups in total. The van der Waals surface area contributed by atoms with E-state index >= 15 is 0 Å². The van der Waals surface area contributed by atoms with Gasteiger partial charge in [-0.1, -0.05) is 35.9 Å². The fourth-order valence-electron chi connectivity index (χ4n) is 10.4. The van der Waals surface area contributed by atoms with Gasteiger partial charge in [0.05, 0.1) is 22.1 Å². The van der Waals surface area contributed by atoms with Crippen molar-refractivity contribution in [1.29, 1.82) is 0 Å². The molecule has 0 radical (unpaired) electrons. The molecule has 2 aliphatic carbocycles. The van der Waals surface area contributed by atoms with E-state index in [1.54, 1.807) is 0 Å². The molecule has 1 saturated heterocycles. The van der Waals surface area contributed by atoms with Crippen LogP contribution in [0.2, 0.25) is 5.02 Å². The van der Waals surface area contributed by atoms with E-state index in [1.165, 1.54) is 38.5 Å². The zero-order valence-corrected chi connectivity index (χ0v) is 33.2. The minimum Gasteiger partial charge on any atom is -0.381 e. The number of benzene rings is 2. The van der Waals surface area contributed by atoms with Gasteiger partial charge in [-0.15, -0.1) is 0 Å². The van der Waals surface area contributed by atoms with E-state index < -0.39 is 0 Å². The first kappa shape index (κ1) is 36.6. The normalized spacial score (nSPS) is 22.8. The summed E-state index contributed by atoms with van der Waals surface area (Å²) in [6.45, 7) is 8.20. The highest BCUT2D eigenvalue weighted by atomic mass is 35.5. The van der Waals surface area contributed by atoms with Gasteiger partial charge >= 0.3 is 0 Å². The first-order chi connectivity index (χ1) is 26.7. The lowest BCUT2D eigenvalue weighted by molar-refractivity contribution is 0.0283. The molecule has 11 nitrogen and oxygen atoms in total. The number of imidazole rings is 2. The van der Waals surface area contributed by atoms with Crippen LogP contribution in [0.15, 0.2) is 36.4 Å². The SMILES string of the molecule is Cc1c(NC(=O)c2nc3c(n2C)CCN(CCC24CCC(CC2)C4)C3)cccc1-c1cccc(NC(=O)c2nc3c(n2C)CCN(C2CCOCC2)C3)c1Cl. The van der Waals surface area contributed by atoms with Crippen molar-refractivity contribution in [2.75, 3.05) is 43.5 Å². The van der Waals surface area contributed by atoms with Crippen LogP contribution in [0.5, 0.6) is 0 Å². The number of carbonyl (C=O) groups is 2. The maximum absolute atomic E-state index is 13.8. The number of hydrogen-bond acceptors (Lipinski definition) is 7. The average molecular weight is 765 g/mol. The van der Waals surface area contributed by atoms with E-state index in [1.807, 2.05) is 66.6 Å². The first-order valence-corrected chi connectivity index (χ1v) is 20.7. The van der Waals surface area contributed by atoms with Crippen LogP contribution in [0.4, 0.5) is 11.4 Å². The van der Waals surface area contributed by atoms with Crippen LogP contribution in [0.1, 0.15) is 101 Å². The van der Waals surface area contributed by atoms with Crippen molar-refractivity contribution >= 4 is 34.8 Å². The number of carbonyl (C=O) groups excluding carboxylic acids is 2. The van der Waals surface area contributed by atoms with E-state index in [9.17, 15) is 9.59 Å². The van der Waals surface area contributed by atoms with Crippen LogP contribution in [0, 0.1) is 18.3 Å². The molecule has 2 bridgehead atoms. The van der Waals surface area contributed by atoms with Crippen molar-refractivity contribution in [3.8, 4) is 11.1 Å². The van der Waals surface area contributed by atoms with Gasteiger partial charge < -0.3 is 24.5 Å². The third kappa shape index (κ3) is 6.91. The predicted octanol–water partition coefficient (Wildman–Crippen LogP) is 7.15. The summed E-state index contributed by atoms with van der Waals surface area (Å²) in [5, 5.41) is 6.62. The Morgan fingerprint density at radius 1 is 0.836 bits per heavy atom. The molecule has 2 aromatic heterocycles. The van der Waals surface area contributed by atoms with Crippen molar-refractivity contribution < 1.29 is 14.3 Å². The Morgan fingerprint density at radius 2 is 1.45 bits per heavy atom. The summed E-state index contributed by atoms with van der Waals surface area (Å²) in [6, 6.07) is 11.9. The summed E-state index contributed by atoms with van der Waals surface area (Å²) >= 11 is 7.05. The minimum atomic E-state index is -0.298. The molecule has 3 aliphatic heterocycles. The maximum atomic E-state index is 13.8. The second kappa shape index (κ2) is 14.8. The van der Waals surface area contributed by atoms with Gasteiger partial charge in [0, 0.05) is 95.0 Å². The van der Waals surface area contributed by atoms with E-state index in [0.717, 1.165) is 117 Å². The molecular formula is C43H53ClN8O3. The third-order valence-electron chi connectivity index (χ3n) is 13.7. The average Bonchev–Trinajstić information content (AvgIpc) is 3.98. The summed E-state index contributed by atoms with van der Waals surface area (Å²) < 4.78 is 9.47. The lowest BCUT2D eigenvalue weighted by Gasteiger charge is -2.36. The molecule has 290 valence electrons. The Labute approximate surface area is 328 Å². The number of amides is 2. The van der Waals surface area contributed by atoms with Gasteiger partial charge in [-0.2, -0.15) is 0 Å². The summed E-state index contributed by atoms with van der Waals surface area (Å²) in [6.07, 6.45) is 12.2. The van der Waals surface area contributed by atoms with Crippen LogP contribution in [0.25, 0.3) is 11.1 Å². The summed E-state index contributed by atoms with van der Waals surface area (Å²) in [5.41, 5.74) is 8.52. The number of nitrogens with one attached hydrogen (secondary N) is 2. The molecule has 4 aromatic rings. The van der Waals surface area contributed by atoms with Crippen LogP contribution in [0.3, 0.4) is 0 Å². The molecule has 2 aromatic carbocycles. The highest BCUT2D eigenvalue weighted by molar-refractivity contribution is 6.36. The molecule has 0 atom stereocenters. The number of anilines is 2. The molecule has 2 saturated carbocycles. The Hall–Kier alpha value is -4.03. The third-order valence-corrected chi connectivity index (χ3v) is 14.1. The van der Waals surface area contributed by atoms with Crippen molar-refractivity contribution in [2.45, 2.75) is 90.3 Å². The van der Waals surface area contributed by atoms with Crippen molar-refractivity contribution in [2.24, 2.45) is 25.4 Å². The molecule has 3 fully saturated rings. The van der Waals surface area contributed by atoms with Crippen molar-refractivity contribution in [3.63, 3.8) is 0 Å². The van der Waals surface area contributed by atoms with Gasteiger partial charge in [-0.3, -0.25) is 19.4 Å². The number of aromatic nitrogens is 4. The van der Waals surface area contributed by atoms with Gasteiger partial charge in [0.25, 0.3) is 11.8 Å². The monoisotopic (exact) mass is 764 g/mol. The molecule has 5 aliphatic rings. The molecule has 5 heterocycles. The van der Waals surface area contributed by atoms with Gasteiger partial charge in [-0.05, 0) is 99.4 Å². The largest absolute Gasteiger partial charge is 0.381 e. The van der Waals surface area contributed by atoms with Crippen molar-refractivity contribution in [1.82, 2.24) is 28.9 Å². The van der Waals surface area contributed by atoms with Gasteiger partial charge in [-0.25, -0.2) is 9.97 Å². The number of ether oxygens (including phenoxy) is 1. The molecule has 55 heavy (non-hydrogen) atoms. The van der Waals surface area contributed by atoms with Crippen LogP contribution >= 0.6 is 11.6 Å². The summed E-state index contributed by atoms with van der Waals surface area (Å²) in [4.78, 5) is 42.2. The zero-order valence-electron chi connectivity index (χ0n) is 32.4. The number of rotatable bonds is 9. The predicted molar refractivity (Wildman–Crippen MR) is 215 cm³/mol. The molecule has 0 unspecified atom stereocenters. The van der Waals surface area contributed by atoms with E-state index in [-0.39, 0.29) is 11.8 Å². The van der Waals surface area contributed by atoms with Gasteiger partial charge in [0.2, 0.25) is 0 Å². The Morgan fingerprint density at radius 3 is 2.13 bits per heavy atom. The van der Waals surface area contributed by atoms with Crippen LogP contribution in [-0.4, -0.2) is 79.6 Å². The topological polar surface area (TPSA) is 110 Å². The van der Waals surface area contributed by atoms with Crippen LogP contribution < -0.4 is 10.6 Å². The quantitative estimate of drug-likeness (QED) is 0.186. The lowest BCUT2D eigenvalue weighted by Crippen LogP contribution is -2.42. The van der Waals surface area contributed by atoms with Crippen molar-refractivity contribution in [3.05, 3.63) is 81.4 Å². The second-order valence-corrected chi connectivity index (χ2v) is 17.2. The molecule has 2 amide bonds. The number of fused-ring (bicyclic) bond motifs is 4. The first-order valence-electron chi connectivity index (χ1n) is 20.3. The number of hydrogen-bond donors (Lipinski definition) is 2. The van der Waals surface area contributed by atoms with E-state index in [4.69, 9.17) is 26.3 Å². The molecule has 12 heteroatoms. The molecular weight excluding hydrogens is 712 g/mol. The zero-order chi connectivity index (χ0) is 37.8. The standard InChI is InChI=1S/C43H53ClN8O3/c1-27-30(31-7-5-9-33(38(31)44)48-42(54)40-46-35-26-52(20-13-37(35)50(40)3)29-14-22-55-23-15-29)6-4-8-32(27)47-41(53)39-45-34-25-51(19-12-36(34)49(39)2)21-18-43-16-10-28(24-43)11-17-43/h4-9,28-29H,10-26H2,1-3H3,(H,47,53)(H,48,54). The summed E-state index contributed by atoms with van der Waals surface area (Å²) in [7, 11) is 3.87.